The van der Waals surface area contributed by atoms with Gasteiger partial charge in [-0.15, -0.1) is 0 Å². The van der Waals surface area contributed by atoms with Gasteiger partial charge in [-0.2, -0.15) is 13.2 Å². The van der Waals surface area contributed by atoms with Crippen molar-refractivity contribution in [3.8, 4) is 0 Å². The van der Waals surface area contributed by atoms with Crippen molar-refractivity contribution in [3.05, 3.63) is 28.2 Å². The molecule has 8 heteroatoms. The maximum Gasteiger partial charge on any atom is 0.500 e. The second kappa shape index (κ2) is 4.36. The molecule has 0 amide bonds. The molecule has 110 valence electrons. The van der Waals surface area contributed by atoms with Gasteiger partial charge in [0.25, 0.3) is 0 Å². The molecule has 0 aliphatic carbocycles. The number of hydrogen-bond acceptors (Lipinski definition) is 3. The average Bonchev–Trinajstić information content (AvgIpc) is 2.46. The van der Waals surface area contributed by atoms with E-state index < -0.39 is 35.7 Å². The lowest BCUT2D eigenvalue weighted by Gasteiger charge is -2.32. The smallest absolute Gasteiger partial charge is 0.399 e. The maximum absolute atomic E-state index is 12.5. The first-order valence-electron chi connectivity index (χ1n) is 6.10. The Labute approximate surface area is 114 Å². The van der Waals surface area contributed by atoms with Crippen molar-refractivity contribution in [1.29, 1.82) is 0 Å². The van der Waals surface area contributed by atoms with Crippen LogP contribution in [0.5, 0.6) is 0 Å². The van der Waals surface area contributed by atoms with Crippen molar-refractivity contribution in [3.63, 3.8) is 0 Å². The van der Waals surface area contributed by atoms with Gasteiger partial charge < -0.3 is 14.3 Å². The van der Waals surface area contributed by atoms with E-state index in [1.807, 2.05) is 0 Å². The molecule has 0 saturated carbocycles. The fourth-order valence-corrected chi connectivity index (χ4v) is 1.81. The van der Waals surface area contributed by atoms with Crippen molar-refractivity contribution >= 4 is 12.6 Å². The summed E-state index contributed by atoms with van der Waals surface area (Å²) in [5, 5.41) is 0. The number of alkyl halides is 3. The van der Waals surface area contributed by atoms with Crippen LogP contribution in [0.2, 0.25) is 0 Å². The van der Waals surface area contributed by atoms with Gasteiger partial charge in [0, 0.05) is 5.46 Å². The Morgan fingerprint density at radius 1 is 1.10 bits per heavy atom. The first-order chi connectivity index (χ1) is 8.94. The van der Waals surface area contributed by atoms with Gasteiger partial charge in [-0.05, 0) is 33.8 Å². The maximum atomic E-state index is 12.5. The Morgan fingerprint density at radius 3 is 2.00 bits per heavy atom. The van der Waals surface area contributed by atoms with Gasteiger partial charge in [-0.25, -0.2) is 0 Å². The molecule has 1 aliphatic heterocycles. The third kappa shape index (κ3) is 2.49. The molecule has 20 heavy (non-hydrogen) atoms. The molecule has 1 aliphatic rings. The summed E-state index contributed by atoms with van der Waals surface area (Å²) >= 11 is 0. The van der Waals surface area contributed by atoms with Crippen LogP contribution in [0.4, 0.5) is 13.2 Å². The normalized spacial score (nSPS) is 21.2. The highest BCUT2D eigenvalue weighted by molar-refractivity contribution is 6.61. The number of rotatable bonds is 1. The first kappa shape index (κ1) is 15.1. The van der Waals surface area contributed by atoms with Gasteiger partial charge >= 0.3 is 13.3 Å². The van der Waals surface area contributed by atoms with Crippen LogP contribution in [0.25, 0.3) is 0 Å². The molecule has 1 N–H and O–H groups in total. The van der Waals surface area contributed by atoms with Crippen molar-refractivity contribution in [2.45, 2.75) is 45.1 Å². The number of halogens is 3. The molecule has 1 aromatic heterocycles. The highest BCUT2D eigenvalue weighted by atomic mass is 19.4. The summed E-state index contributed by atoms with van der Waals surface area (Å²) in [4.78, 5) is 13.6. The number of aromatic amines is 1. The third-order valence-corrected chi connectivity index (χ3v) is 3.75. The molecule has 0 aromatic carbocycles. The zero-order valence-corrected chi connectivity index (χ0v) is 11.6. The molecule has 0 bridgehead atoms. The first-order valence-corrected chi connectivity index (χ1v) is 6.10. The molecule has 2 rings (SSSR count). The molecule has 0 radical (unpaired) electrons. The summed E-state index contributed by atoms with van der Waals surface area (Å²) in [5.41, 5.74) is -3.25. The van der Waals surface area contributed by atoms with Crippen molar-refractivity contribution < 1.29 is 22.5 Å². The molecule has 0 unspecified atom stereocenters. The summed E-state index contributed by atoms with van der Waals surface area (Å²) in [6.07, 6.45) is -4.59. The van der Waals surface area contributed by atoms with Gasteiger partial charge in [-0.3, -0.25) is 4.79 Å². The van der Waals surface area contributed by atoms with Gasteiger partial charge in [0.15, 0.2) is 0 Å². The van der Waals surface area contributed by atoms with Crippen LogP contribution in [0.1, 0.15) is 33.4 Å². The van der Waals surface area contributed by atoms with E-state index in [2.05, 4.69) is 0 Å². The summed E-state index contributed by atoms with van der Waals surface area (Å²) in [6.45, 7) is 7.19. The number of pyridine rings is 1. The van der Waals surface area contributed by atoms with Crippen LogP contribution in [-0.4, -0.2) is 23.3 Å². The predicted octanol–water partition coefficient (Wildman–Crippen LogP) is 1.69. The fraction of sp³-hybridized carbons (Fsp3) is 0.583. The molecule has 1 saturated heterocycles. The molecule has 0 spiro atoms. The Balaban J connectivity index is 2.35. The molecular weight excluding hydrogens is 274 g/mol. The van der Waals surface area contributed by atoms with Crippen LogP contribution in [0.3, 0.4) is 0 Å². The largest absolute Gasteiger partial charge is 0.500 e. The summed E-state index contributed by atoms with van der Waals surface area (Å²) in [6, 6.07) is 1.89. The van der Waals surface area contributed by atoms with Crippen LogP contribution in [0.15, 0.2) is 16.9 Å². The van der Waals surface area contributed by atoms with Crippen LogP contribution in [0, 0.1) is 0 Å². The minimum absolute atomic E-state index is 0.0247. The van der Waals surface area contributed by atoms with E-state index in [0.29, 0.717) is 0 Å². The highest BCUT2D eigenvalue weighted by Gasteiger charge is 2.52. The minimum Gasteiger partial charge on any atom is -0.399 e. The second-order valence-electron chi connectivity index (χ2n) is 5.74. The zero-order chi connectivity index (χ0) is 15.3. The van der Waals surface area contributed by atoms with E-state index in [4.69, 9.17) is 9.31 Å². The average molecular weight is 289 g/mol. The van der Waals surface area contributed by atoms with Crippen LogP contribution in [-0.2, 0) is 15.5 Å². The Morgan fingerprint density at radius 2 is 1.60 bits per heavy atom. The van der Waals surface area contributed by atoms with E-state index in [-0.39, 0.29) is 5.46 Å². The molecule has 2 heterocycles. The Hall–Kier alpha value is -1.28. The fourth-order valence-electron chi connectivity index (χ4n) is 1.81. The summed E-state index contributed by atoms with van der Waals surface area (Å²) in [5.74, 6) is 0. The molecule has 1 aromatic rings. The number of aromatic nitrogens is 1. The van der Waals surface area contributed by atoms with E-state index in [9.17, 15) is 18.0 Å². The lowest BCUT2D eigenvalue weighted by molar-refractivity contribution is -0.141. The van der Waals surface area contributed by atoms with Crippen LogP contribution < -0.4 is 11.0 Å². The van der Waals surface area contributed by atoms with Crippen molar-refractivity contribution in [2.24, 2.45) is 0 Å². The van der Waals surface area contributed by atoms with Crippen molar-refractivity contribution in [2.75, 3.05) is 0 Å². The SMILES string of the molecule is CC1(C)OB(c2ccc(C(F)(F)F)[nH]c2=O)OC1(C)C. The molecular formula is C12H15BF3NO3. The van der Waals surface area contributed by atoms with Gasteiger partial charge in [0.05, 0.1) is 11.2 Å². The molecule has 1 fully saturated rings. The number of nitrogens with one attached hydrogen (secondary N) is 1. The van der Waals surface area contributed by atoms with Crippen LogP contribution >= 0.6 is 0 Å². The van der Waals surface area contributed by atoms with Gasteiger partial charge in [-0.1, -0.05) is 6.07 Å². The van der Waals surface area contributed by atoms with E-state index in [1.165, 1.54) is 0 Å². The van der Waals surface area contributed by atoms with E-state index >= 15 is 0 Å². The Bertz CT molecular complexity index is 564. The predicted molar refractivity (Wildman–Crippen MR) is 67.8 cm³/mol. The molecule has 0 atom stereocenters. The zero-order valence-electron chi connectivity index (χ0n) is 11.6. The summed E-state index contributed by atoms with van der Waals surface area (Å²) < 4.78 is 48.7. The highest BCUT2D eigenvalue weighted by Crippen LogP contribution is 2.36. The van der Waals surface area contributed by atoms with Gasteiger partial charge in [0.2, 0.25) is 5.56 Å². The standard InChI is InChI=1S/C12H15BF3NO3/c1-10(2)11(3,4)20-13(19-10)7-5-6-8(12(14,15)16)17-9(7)18/h5-6H,1-4H3,(H,17,18). The lowest BCUT2D eigenvalue weighted by atomic mass is 9.80. The van der Waals surface area contributed by atoms with Crippen molar-refractivity contribution in [1.82, 2.24) is 4.98 Å². The van der Waals surface area contributed by atoms with E-state index in [1.54, 1.807) is 32.7 Å². The summed E-state index contributed by atoms with van der Waals surface area (Å²) in [7, 11) is -0.981. The lowest BCUT2D eigenvalue weighted by Crippen LogP contribution is -2.45. The monoisotopic (exact) mass is 289 g/mol. The topological polar surface area (TPSA) is 51.3 Å². The quantitative estimate of drug-likeness (QED) is 0.800. The second-order valence-corrected chi connectivity index (χ2v) is 5.74. The number of hydrogen-bond donors (Lipinski definition) is 1. The molecule has 4 nitrogen and oxygen atoms in total. The van der Waals surface area contributed by atoms with E-state index in [0.717, 1.165) is 12.1 Å². The minimum atomic E-state index is -4.59. The number of H-pyrrole nitrogens is 1. The van der Waals surface area contributed by atoms with Gasteiger partial charge in [0.1, 0.15) is 5.69 Å². The third-order valence-electron chi connectivity index (χ3n) is 3.75. The Kier molecular flexibility index (Phi) is 3.30.